The first kappa shape index (κ1) is 16.5. The van der Waals surface area contributed by atoms with Gasteiger partial charge in [-0.2, -0.15) is 0 Å². The van der Waals surface area contributed by atoms with Crippen molar-refractivity contribution in [2.45, 2.75) is 51.7 Å². The highest BCUT2D eigenvalue weighted by Gasteiger charge is 2.14. The van der Waals surface area contributed by atoms with Crippen LogP contribution in [0.1, 0.15) is 39.0 Å². The van der Waals surface area contributed by atoms with Crippen molar-refractivity contribution in [3.05, 3.63) is 27.2 Å². The van der Waals surface area contributed by atoms with Gasteiger partial charge in [-0.3, -0.25) is 13.9 Å². The lowest BCUT2D eigenvalue weighted by Crippen LogP contribution is -2.39. The molecule has 2 rings (SSSR count). The number of hydrogen-bond donors (Lipinski definition) is 1. The maximum absolute atomic E-state index is 12.4. The van der Waals surface area contributed by atoms with Crippen LogP contribution in [0.5, 0.6) is 0 Å². The van der Waals surface area contributed by atoms with E-state index in [1.165, 1.54) is 9.13 Å². The summed E-state index contributed by atoms with van der Waals surface area (Å²) in [6, 6.07) is 0. The van der Waals surface area contributed by atoms with E-state index >= 15 is 0 Å². The minimum atomic E-state index is -0.319. The molecule has 7 heteroatoms. The highest BCUT2D eigenvalue weighted by Crippen LogP contribution is 2.07. The fraction of sp³-hybridized carbons (Fsp3) is 0.667. The fourth-order valence-electron chi connectivity index (χ4n) is 2.66. The zero-order valence-electron chi connectivity index (χ0n) is 13.4. The number of aliphatic hydroxyl groups excluding tert-OH is 1. The number of aryl methyl sites for hydroxylation is 2. The molecular formula is C15H24N4O3. The molecular weight excluding hydrogens is 284 g/mol. The monoisotopic (exact) mass is 308 g/mol. The van der Waals surface area contributed by atoms with E-state index in [0.29, 0.717) is 17.7 Å². The van der Waals surface area contributed by atoms with Crippen molar-refractivity contribution in [2.24, 2.45) is 14.1 Å². The summed E-state index contributed by atoms with van der Waals surface area (Å²) in [5, 5.41) is 9.20. The van der Waals surface area contributed by atoms with Crippen LogP contribution in [0.15, 0.2) is 15.9 Å². The van der Waals surface area contributed by atoms with E-state index < -0.39 is 0 Å². The maximum Gasteiger partial charge on any atom is 0.332 e. The van der Waals surface area contributed by atoms with Crippen LogP contribution in [0.4, 0.5) is 0 Å². The van der Waals surface area contributed by atoms with E-state index in [-0.39, 0.29) is 17.4 Å². The van der Waals surface area contributed by atoms with Crippen molar-refractivity contribution in [2.75, 3.05) is 0 Å². The average Bonchev–Trinajstić information content (AvgIpc) is 2.85. The van der Waals surface area contributed by atoms with Gasteiger partial charge in [-0.25, -0.2) is 9.78 Å². The second-order valence-electron chi connectivity index (χ2n) is 5.88. The van der Waals surface area contributed by atoms with E-state index in [1.807, 2.05) is 0 Å². The smallest absolute Gasteiger partial charge is 0.332 e. The lowest BCUT2D eigenvalue weighted by molar-refractivity contribution is 0.180. The summed E-state index contributed by atoms with van der Waals surface area (Å²) < 4.78 is 4.36. The van der Waals surface area contributed by atoms with E-state index in [4.69, 9.17) is 0 Å². The van der Waals surface area contributed by atoms with Gasteiger partial charge in [-0.1, -0.05) is 19.3 Å². The van der Waals surface area contributed by atoms with E-state index in [0.717, 1.165) is 32.1 Å². The molecule has 0 saturated heterocycles. The normalized spacial score (nSPS) is 12.9. The Morgan fingerprint density at radius 1 is 1.18 bits per heavy atom. The van der Waals surface area contributed by atoms with E-state index in [2.05, 4.69) is 4.98 Å². The summed E-state index contributed by atoms with van der Waals surface area (Å²) in [5.41, 5.74) is 0.282. The van der Waals surface area contributed by atoms with Gasteiger partial charge in [-0.05, 0) is 19.8 Å². The zero-order chi connectivity index (χ0) is 16.3. The second-order valence-corrected chi connectivity index (χ2v) is 5.88. The van der Waals surface area contributed by atoms with Crippen LogP contribution in [-0.4, -0.2) is 29.9 Å². The number of fused-ring (bicyclic) bond motifs is 1. The number of aliphatic hydroxyl groups is 1. The van der Waals surface area contributed by atoms with Gasteiger partial charge in [-0.15, -0.1) is 0 Å². The summed E-state index contributed by atoms with van der Waals surface area (Å²) in [7, 11) is 3.39. The summed E-state index contributed by atoms with van der Waals surface area (Å²) in [4.78, 5) is 28.8. The first-order valence-electron chi connectivity index (χ1n) is 7.72. The molecule has 0 spiro atoms. The summed E-state index contributed by atoms with van der Waals surface area (Å²) in [6.45, 7) is 2.20. The maximum atomic E-state index is 12.4. The zero-order valence-corrected chi connectivity index (χ0v) is 13.4. The largest absolute Gasteiger partial charge is 0.393 e. The van der Waals surface area contributed by atoms with Crippen LogP contribution in [0.25, 0.3) is 11.2 Å². The molecule has 0 aliphatic rings. The molecule has 122 valence electrons. The molecule has 2 aromatic rings. The van der Waals surface area contributed by atoms with Crippen LogP contribution in [0, 0.1) is 0 Å². The molecule has 1 unspecified atom stereocenters. The SMILES string of the molecule is CC(O)CCCCCCn1c(=O)c2c(ncn2C)n(C)c1=O. The lowest BCUT2D eigenvalue weighted by Gasteiger charge is -2.09. The van der Waals surface area contributed by atoms with Crippen molar-refractivity contribution in [1.29, 1.82) is 0 Å². The summed E-state index contributed by atoms with van der Waals surface area (Å²) in [6.07, 6.45) is 5.75. The minimum absolute atomic E-state index is 0.262. The van der Waals surface area contributed by atoms with Crippen molar-refractivity contribution in [3.8, 4) is 0 Å². The molecule has 0 bridgehead atoms. The third-order valence-electron chi connectivity index (χ3n) is 3.95. The summed E-state index contributed by atoms with van der Waals surface area (Å²) >= 11 is 0. The number of imidazole rings is 1. The molecule has 0 aliphatic heterocycles. The number of rotatable bonds is 7. The Kier molecular flexibility index (Phi) is 5.18. The van der Waals surface area contributed by atoms with Gasteiger partial charge in [0.25, 0.3) is 5.56 Å². The number of unbranched alkanes of at least 4 members (excludes halogenated alkanes) is 3. The van der Waals surface area contributed by atoms with Crippen molar-refractivity contribution in [1.82, 2.24) is 18.7 Å². The topological polar surface area (TPSA) is 82.1 Å². The Balaban J connectivity index is 2.10. The van der Waals surface area contributed by atoms with Gasteiger partial charge in [0.15, 0.2) is 11.2 Å². The minimum Gasteiger partial charge on any atom is -0.393 e. The number of hydrogen-bond acceptors (Lipinski definition) is 4. The first-order valence-corrected chi connectivity index (χ1v) is 7.72. The molecule has 7 nitrogen and oxygen atoms in total. The van der Waals surface area contributed by atoms with Gasteiger partial charge in [0.05, 0.1) is 12.4 Å². The summed E-state index contributed by atoms with van der Waals surface area (Å²) in [5.74, 6) is 0. The lowest BCUT2D eigenvalue weighted by atomic mass is 10.1. The average molecular weight is 308 g/mol. The second kappa shape index (κ2) is 6.91. The van der Waals surface area contributed by atoms with Crippen molar-refractivity contribution >= 4 is 11.2 Å². The molecule has 0 aromatic carbocycles. The highest BCUT2D eigenvalue weighted by molar-refractivity contribution is 5.69. The first-order chi connectivity index (χ1) is 10.4. The molecule has 1 N–H and O–H groups in total. The van der Waals surface area contributed by atoms with Gasteiger partial charge in [0, 0.05) is 20.6 Å². The van der Waals surface area contributed by atoms with Crippen LogP contribution >= 0.6 is 0 Å². The van der Waals surface area contributed by atoms with Gasteiger partial charge in [0.1, 0.15) is 0 Å². The molecule has 0 amide bonds. The highest BCUT2D eigenvalue weighted by atomic mass is 16.3. The van der Waals surface area contributed by atoms with Gasteiger partial charge in [0.2, 0.25) is 0 Å². The Bertz CT molecular complexity index is 754. The molecule has 0 aliphatic carbocycles. The molecule has 0 radical (unpaired) electrons. The molecule has 22 heavy (non-hydrogen) atoms. The van der Waals surface area contributed by atoms with Crippen LogP contribution in [-0.2, 0) is 20.6 Å². The van der Waals surface area contributed by atoms with E-state index in [1.54, 1.807) is 31.9 Å². The quantitative estimate of drug-likeness (QED) is 0.766. The van der Waals surface area contributed by atoms with Crippen LogP contribution < -0.4 is 11.2 Å². The number of nitrogens with zero attached hydrogens (tertiary/aromatic N) is 4. The molecule has 0 saturated carbocycles. The number of aromatic nitrogens is 4. The molecule has 2 aromatic heterocycles. The Morgan fingerprint density at radius 2 is 1.86 bits per heavy atom. The van der Waals surface area contributed by atoms with E-state index in [9.17, 15) is 14.7 Å². The predicted molar refractivity (Wildman–Crippen MR) is 85.0 cm³/mol. The third kappa shape index (κ3) is 3.30. The van der Waals surface area contributed by atoms with Crippen LogP contribution in [0.3, 0.4) is 0 Å². The standard InChI is InChI=1S/C15H24N4O3/c1-11(20)8-6-4-5-7-9-19-14(21)12-13(16-10-17(12)2)18(3)15(19)22/h10-11,20H,4-9H2,1-3H3. The molecule has 2 heterocycles. The Morgan fingerprint density at radius 3 is 2.55 bits per heavy atom. The predicted octanol–water partition coefficient (Wildman–Crippen LogP) is 0.765. The Hall–Kier alpha value is -1.89. The molecule has 1 atom stereocenters. The van der Waals surface area contributed by atoms with Gasteiger partial charge < -0.3 is 9.67 Å². The Labute approximate surface area is 128 Å². The van der Waals surface area contributed by atoms with Crippen molar-refractivity contribution in [3.63, 3.8) is 0 Å². The molecule has 0 fully saturated rings. The third-order valence-corrected chi connectivity index (χ3v) is 3.95. The van der Waals surface area contributed by atoms with Gasteiger partial charge >= 0.3 is 5.69 Å². The van der Waals surface area contributed by atoms with Crippen molar-refractivity contribution < 1.29 is 5.11 Å². The van der Waals surface area contributed by atoms with Crippen LogP contribution in [0.2, 0.25) is 0 Å². The fourth-order valence-corrected chi connectivity index (χ4v) is 2.66.